The molecule has 1 rings (SSSR count). The first-order valence-electron chi connectivity index (χ1n) is 6.41. The van der Waals surface area contributed by atoms with Crippen molar-refractivity contribution in [2.24, 2.45) is 0 Å². The fourth-order valence-electron chi connectivity index (χ4n) is 1.64. The molecule has 4 nitrogen and oxygen atoms in total. The number of hydrogen-bond donors (Lipinski definition) is 1. The molecule has 106 valence electrons. The van der Waals surface area contributed by atoms with Crippen LogP contribution in [-0.2, 0) is 9.53 Å². The van der Waals surface area contributed by atoms with Crippen LogP contribution < -0.4 is 10.1 Å². The Labute approximate surface area is 115 Å². The molecule has 1 aromatic carbocycles. The Hall–Kier alpha value is -1.55. The molecule has 4 heteroatoms. The van der Waals surface area contributed by atoms with Gasteiger partial charge < -0.3 is 14.8 Å². The van der Waals surface area contributed by atoms with Crippen molar-refractivity contribution in [2.75, 3.05) is 13.7 Å². The van der Waals surface area contributed by atoms with E-state index in [1.807, 2.05) is 52.0 Å². The molecule has 0 unspecified atom stereocenters. The van der Waals surface area contributed by atoms with Gasteiger partial charge in [-0.1, -0.05) is 12.1 Å². The van der Waals surface area contributed by atoms with Crippen LogP contribution >= 0.6 is 0 Å². The first kappa shape index (κ1) is 15.5. The molecule has 0 bridgehead atoms. The second-order valence-electron chi connectivity index (χ2n) is 5.47. The third-order valence-electron chi connectivity index (χ3n) is 2.57. The zero-order valence-corrected chi connectivity index (χ0v) is 12.3. The standard InChI is InChI=1S/C15H23NO3/c1-11(12-7-6-8-13(9-12)18-5)16-10-14(17)19-15(2,3)4/h6-9,11,16H,10H2,1-5H3/t11-/m0/s1. The van der Waals surface area contributed by atoms with E-state index in [-0.39, 0.29) is 18.6 Å². The number of nitrogens with one attached hydrogen (secondary N) is 1. The largest absolute Gasteiger partial charge is 0.497 e. The number of hydrogen-bond acceptors (Lipinski definition) is 4. The van der Waals surface area contributed by atoms with Crippen LogP contribution in [0, 0.1) is 0 Å². The highest BCUT2D eigenvalue weighted by Gasteiger charge is 2.16. The lowest BCUT2D eigenvalue weighted by Gasteiger charge is -2.21. The first-order chi connectivity index (χ1) is 8.81. The van der Waals surface area contributed by atoms with Crippen LogP contribution in [0.4, 0.5) is 0 Å². The summed E-state index contributed by atoms with van der Waals surface area (Å²) in [6.07, 6.45) is 0. The molecule has 0 aromatic heterocycles. The van der Waals surface area contributed by atoms with E-state index < -0.39 is 5.60 Å². The van der Waals surface area contributed by atoms with Crippen LogP contribution in [-0.4, -0.2) is 25.2 Å². The van der Waals surface area contributed by atoms with Gasteiger partial charge in [-0.25, -0.2) is 0 Å². The molecule has 0 aliphatic carbocycles. The summed E-state index contributed by atoms with van der Waals surface area (Å²) in [5, 5.41) is 3.14. The summed E-state index contributed by atoms with van der Waals surface area (Å²) >= 11 is 0. The highest BCUT2D eigenvalue weighted by atomic mass is 16.6. The molecule has 0 radical (unpaired) electrons. The summed E-state index contributed by atoms with van der Waals surface area (Å²) in [7, 11) is 1.64. The number of benzene rings is 1. The number of esters is 1. The number of carbonyl (C=O) groups is 1. The highest BCUT2D eigenvalue weighted by Crippen LogP contribution is 2.18. The summed E-state index contributed by atoms with van der Waals surface area (Å²) in [5.74, 6) is 0.561. The molecule has 0 fully saturated rings. The van der Waals surface area contributed by atoms with Crippen LogP contribution in [0.5, 0.6) is 5.75 Å². The van der Waals surface area contributed by atoms with Gasteiger partial charge in [0.15, 0.2) is 0 Å². The quantitative estimate of drug-likeness (QED) is 0.832. The zero-order chi connectivity index (χ0) is 14.5. The third kappa shape index (κ3) is 5.75. The topological polar surface area (TPSA) is 47.6 Å². The smallest absolute Gasteiger partial charge is 0.320 e. The van der Waals surface area contributed by atoms with E-state index in [2.05, 4.69) is 5.32 Å². The Morgan fingerprint density at radius 3 is 2.63 bits per heavy atom. The van der Waals surface area contributed by atoms with Gasteiger partial charge in [0.05, 0.1) is 13.7 Å². The molecule has 0 saturated carbocycles. The van der Waals surface area contributed by atoms with Gasteiger partial charge in [-0.2, -0.15) is 0 Å². The molecule has 19 heavy (non-hydrogen) atoms. The lowest BCUT2D eigenvalue weighted by molar-refractivity contribution is -0.153. The van der Waals surface area contributed by atoms with Crippen LogP contribution in [0.2, 0.25) is 0 Å². The molecular weight excluding hydrogens is 242 g/mol. The lowest BCUT2D eigenvalue weighted by atomic mass is 10.1. The maximum Gasteiger partial charge on any atom is 0.320 e. The Bertz CT molecular complexity index is 424. The van der Waals surface area contributed by atoms with Crippen molar-refractivity contribution >= 4 is 5.97 Å². The van der Waals surface area contributed by atoms with Gasteiger partial charge in [0, 0.05) is 6.04 Å². The monoisotopic (exact) mass is 265 g/mol. The lowest BCUT2D eigenvalue weighted by Crippen LogP contribution is -2.32. The summed E-state index contributed by atoms with van der Waals surface area (Å²) in [5.41, 5.74) is 0.626. The molecule has 0 heterocycles. The maximum atomic E-state index is 11.6. The van der Waals surface area contributed by atoms with Crippen molar-refractivity contribution in [1.29, 1.82) is 0 Å². The molecule has 1 N–H and O–H groups in total. The van der Waals surface area contributed by atoms with Crippen LogP contribution in [0.1, 0.15) is 39.3 Å². The average Bonchev–Trinajstić information content (AvgIpc) is 2.34. The molecule has 0 saturated heterocycles. The van der Waals surface area contributed by atoms with Gasteiger partial charge in [-0.05, 0) is 45.4 Å². The molecular formula is C15H23NO3. The van der Waals surface area contributed by atoms with Gasteiger partial charge in [-0.15, -0.1) is 0 Å². The van der Waals surface area contributed by atoms with Crippen molar-refractivity contribution in [3.63, 3.8) is 0 Å². The number of carbonyl (C=O) groups excluding carboxylic acids is 1. The van der Waals surface area contributed by atoms with E-state index in [4.69, 9.17) is 9.47 Å². The van der Waals surface area contributed by atoms with Gasteiger partial charge >= 0.3 is 5.97 Å². The van der Waals surface area contributed by atoms with Gasteiger partial charge in [-0.3, -0.25) is 4.79 Å². The van der Waals surface area contributed by atoms with E-state index in [1.165, 1.54) is 0 Å². The summed E-state index contributed by atoms with van der Waals surface area (Å²) in [6, 6.07) is 7.83. The highest BCUT2D eigenvalue weighted by molar-refractivity contribution is 5.72. The minimum absolute atomic E-state index is 0.0580. The predicted octanol–water partition coefficient (Wildman–Crippen LogP) is 2.69. The van der Waals surface area contributed by atoms with E-state index >= 15 is 0 Å². The predicted molar refractivity (Wildman–Crippen MR) is 75.3 cm³/mol. The van der Waals surface area contributed by atoms with Crippen molar-refractivity contribution in [1.82, 2.24) is 5.32 Å². The van der Waals surface area contributed by atoms with Gasteiger partial charge in [0.25, 0.3) is 0 Å². The number of ether oxygens (including phenoxy) is 2. The van der Waals surface area contributed by atoms with E-state index in [0.717, 1.165) is 11.3 Å². The van der Waals surface area contributed by atoms with Gasteiger partial charge in [0.1, 0.15) is 11.4 Å². The minimum Gasteiger partial charge on any atom is -0.497 e. The normalized spacial score (nSPS) is 12.9. The Kier molecular flexibility index (Phi) is 5.36. The van der Waals surface area contributed by atoms with Crippen molar-refractivity contribution < 1.29 is 14.3 Å². The molecule has 0 aliphatic rings. The molecule has 0 aliphatic heterocycles. The van der Waals surface area contributed by atoms with Gasteiger partial charge in [0.2, 0.25) is 0 Å². The summed E-state index contributed by atoms with van der Waals surface area (Å²) in [4.78, 5) is 11.6. The SMILES string of the molecule is COc1cccc([C@H](C)NCC(=O)OC(C)(C)C)c1. The zero-order valence-electron chi connectivity index (χ0n) is 12.3. The van der Waals surface area contributed by atoms with Crippen molar-refractivity contribution in [2.45, 2.75) is 39.3 Å². The Morgan fingerprint density at radius 2 is 2.05 bits per heavy atom. The van der Waals surface area contributed by atoms with E-state index in [0.29, 0.717) is 0 Å². The van der Waals surface area contributed by atoms with E-state index in [9.17, 15) is 4.79 Å². The van der Waals surface area contributed by atoms with Crippen LogP contribution in [0.3, 0.4) is 0 Å². The maximum absolute atomic E-state index is 11.6. The second-order valence-corrected chi connectivity index (χ2v) is 5.47. The molecule has 1 aromatic rings. The van der Waals surface area contributed by atoms with Crippen LogP contribution in [0.25, 0.3) is 0 Å². The van der Waals surface area contributed by atoms with Crippen LogP contribution in [0.15, 0.2) is 24.3 Å². The molecule has 0 spiro atoms. The summed E-state index contributed by atoms with van der Waals surface area (Å²) in [6.45, 7) is 7.76. The molecule has 0 amide bonds. The fraction of sp³-hybridized carbons (Fsp3) is 0.533. The number of methoxy groups -OCH3 is 1. The number of rotatable bonds is 5. The van der Waals surface area contributed by atoms with E-state index in [1.54, 1.807) is 7.11 Å². The first-order valence-corrected chi connectivity index (χ1v) is 6.41. The fourth-order valence-corrected chi connectivity index (χ4v) is 1.64. The van der Waals surface area contributed by atoms with Crippen molar-refractivity contribution in [3.8, 4) is 5.75 Å². The Morgan fingerprint density at radius 1 is 1.37 bits per heavy atom. The molecule has 1 atom stereocenters. The summed E-state index contributed by atoms with van der Waals surface area (Å²) < 4.78 is 10.4. The minimum atomic E-state index is -0.446. The third-order valence-corrected chi connectivity index (χ3v) is 2.57. The second kappa shape index (κ2) is 6.57. The van der Waals surface area contributed by atoms with Crippen molar-refractivity contribution in [3.05, 3.63) is 29.8 Å². The average molecular weight is 265 g/mol. The Balaban J connectivity index is 2.51.